The summed E-state index contributed by atoms with van der Waals surface area (Å²) in [6.07, 6.45) is 0. The molecule has 0 spiro atoms. The van der Waals surface area contributed by atoms with Crippen LogP contribution >= 0.6 is 15.9 Å². The van der Waals surface area contributed by atoms with Crippen LogP contribution in [-0.2, 0) is 6.54 Å². The average molecular weight is 359 g/mol. The van der Waals surface area contributed by atoms with E-state index in [4.69, 9.17) is 9.47 Å². The van der Waals surface area contributed by atoms with Crippen molar-refractivity contribution in [3.8, 4) is 11.5 Å². The van der Waals surface area contributed by atoms with Crippen LogP contribution in [0.15, 0.2) is 16.6 Å². The zero-order valence-corrected chi connectivity index (χ0v) is 15.1. The topological polar surface area (TPSA) is 33.7 Å². The summed E-state index contributed by atoms with van der Waals surface area (Å²) in [6.45, 7) is 11.9. The number of hydrogen-bond acceptors (Lipinski definition) is 4. The first-order chi connectivity index (χ1) is 10.2. The van der Waals surface area contributed by atoms with Crippen LogP contribution in [0.2, 0.25) is 0 Å². The summed E-state index contributed by atoms with van der Waals surface area (Å²) in [5.74, 6) is 1.60. The fourth-order valence-corrected chi connectivity index (χ4v) is 2.65. The van der Waals surface area contributed by atoms with Crippen LogP contribution in [0.25, 0.3) is 0 Å². The molecular formula is C16H27BrN2O2. The first-order valence-electron chi connectivity index (χ1n) is 7.59. The number of benzene rings is 1. The number of hydrogen-bond donors (Lipinski definition) is 1. The molecule has 0 fully saturated rings. The highest BCUT2D eigenvalue weighted by molar-refractivity contribution is 9.10. The highest BCUT2D eigenvalue weighted by atomic mass is 79.9. The van der Waals surface area contributed by atoms with Gasteiger partial charge in [0.05, 0.1) is 13.7 Å². The highest BCUT2D eigenvalue weighted by Crippen LogP contribution is 2.36. The van der Waals surface area contributed by atoms with Gasteiger partial charge in [-0.2, -0.15) is 0 Å². The quantitative estimate of drug-likeness (QED) is 0.650. The van der Waals surface area contributed by atoms with Crippen molar-refractivity contribution in [1.29, 1.82) is 0 Å². The van der Waals surface area contributed by atoms with Crippen LogP contribution in [0.5, 0.6) is 11.5 Å². The van der Waals surface area contributed by atoms with Gasteiger partial charge in [0, 0.05) is 29.7 Å². The maximum atomic E-state index is 5.75. The van der Waals surface area contributed by atoms with Crippen LogP contribution in [0.3, 0.4) is 0 Å². The molecule has 0 aromatic heterocycles. The Morgan fingerprint density at radius 3 is 2.48 bits per heavy atom. The Kier molecular flexibility index (Phi) is 8.73. The molecule has 0 aliphatic heterocycles. The molecule has 5 heteroatoms. The SMILES string of the molecule is CCOc1c(OC)ccc(Br)c1CNCCN(CC)CC. The van der Waals surface area contributed by atoms with Crippen molar-refractivity contribution in [2.45, 2.75) is 27.3 Å². The van der Waals surface area contributed by atoms with Gasteiger partial charge >= 0.3 is 0 Å². The Morgan fingerprint density at radius 1 is 1.19 bits per heavy atom. The number of nitrogens with one attached hydrogen (secondary N) is 1. The lowest BCUT2D eigenvalue weighted by Crippen LogP contribution is -2.31. The number of likely N-dealkylation sites (N-methyl/N-ethyl adjacent to an activating group) is 1. The highest BCUT2D eigenvalue weighted by Gasteiger charge is 2.14. The second-order valence-electron chi connectivity index (χ2n) is 4.69. The molecule has 0 atom stereocenters. The number of ether oxygens (including phenoxy) is 2. The van der Waals surface area contributed by atoms with E-state index in [1.807, 2.05) is 19.1 Å². The maximum absolute atomic E-state index is 5.75. The Morgan fingerprint density at radius 2 is 1.90 bits per heavy atom. The molecule has 0 radical (unpaired) electrons. The zero-order valence-electron chi connectivity index (χ0n) is 13.5. The minimum atomic E-state index is 0.624. The number of methoxy groups -OCH3 is 1. The molecule has 0 bridgehead atoms. The van der Waals surface area contributed by atoms with Gasteiger partial charge in [0.1, 0.15) is 0 Å². The van der Waals surface area contributed by atoms with Gasteiger partial charge in [0.15, 0.2) is 11.5 Å². The number of halogens is 1. The van der Waals surface area contributed by atoms with E-state index in [1.165, 1.54) is 0 Å². The van der Waals surface area contributed by atoms with Crippen molar-refractivity contribution in [2.75, 3.05) is 39.9 Å². The van der Waals surface area contributed by atoms with E-state index < -0.39 is 0 Å². The lowest BCUT2D eigenvalue weighted by molar-refractivity contribution is 0.297. The Bertz CT molecular complexity index is 423. The van der Waals surface area contributed by atoms with Gasteiger partial charge in [0.25, 0.3) is 0 Å². The monoisotopic (exact) mass is 358 g/mol. The normalized spacial score (nSPS) is 11.0. The summed E-state index contributed by atoms with van der Waals surface area (Å²) in [7, 11) is 1.67. The number of nitrogens with zero attached hydrogens (tertiary/aromatic N) is 1. The van der Waals surface area contributed by atoms with Crippen molar-refractivity contribution in [3.05, 3.63) is 22.2 Å². The second-order valence-corrected chi connectivity index (χ2v) is 5.55. The van der Waals surface area contributed by atoms with Gasteiger partial charge in [-0.3, -0.25) is 0 Å². The minimum absolute atomic E-state index is 0.624. The second kappa shape index (κ2) is 10.0. The summed E-state index contributed by atoms with van der Waals surface area (Å²) in [4.78, 5) is 2.40. The van der Waals surface area contributed by atoms with Crippen molar-refractivity contribution in [3.63, 3.8) is 0 Å². The predicted octanol–water partition coefficient (Wildman–Crippen LogP) is 3.29. The molecular weight excluding hydrogens is 332 g/mol. The van der Waals surface area contributed by atoms with Gasteiger partial charge in [-0.15, -0.1) is 0 Å². The van der Waals surface area contributed by atoms with Crippen LogP contribution < -0.4 is 14.8 Å². The minimum Gasteiger partial charge on any atom is -0.493 e. The molecule has 4 nitrogen and oxygen atoms in total. The van der Waals surface area contributed by atoms with E-state index >= 15 is 0 Å². The molecule has 120 valence electrons. The van der Waals surface area contributed by atoms with E-state index in [0.717, 1.165) is 54.3 Å². The molecule has 1 aromatic rings. The van der Waals surface area contributed by atoms with E-state index in [-0.39, 0.29) is 0 Å². The standard InChI is InChI=1S/C16H27BrN2O2/c1-5-19(6-2)11-10-18-12-13-14(17)8-9-15(20-4)16(13)21-7-3/h8-9,18H,5-7,10-12H2,1-4H3. The van der Waals surface area contributed by atoms with E-state index in [9.17, 15) is 0 Å². The van der Waals surface area contributed by atoms with Crippen LogP contribution in [0.4, 0.5) is 0 Å². The molecule has 0 aliphatic carbocycles. The van der Waals surface area contributed by atoms with Crippen molar-refractivity contribution < 1.29 is 9.47 Å². The first kappa shape index (κ1) is 18.3. The van der Waals surface area contributed by atoms with E-state index in [1.54, 1.807) is 7.11 Å². The zero-order chi connectivity index (χ0) is 15.7. The molecule has 0 unspecified atom stereocenters. The molecule has 0 saturated heterocycles. The van der Waals surface area contributed by atoms with E-state index in [0.29, 0.717) is 6.61 Å². The molecule has 1 aromatic carbocycles. The third-order valence-corrected chi connectivity index (χ3v) is 4.22. The molecule has 21 heavy (non-hydrogen) atoms. The van der Waals surface area contributed by atoms with Gasteiger partial charge in [0.2, 0.25) is 0 Å². The predicted molar refractivity (Wildman–Crippen MR) is 91.4 cm³/mol. The molecule has 1 N–H and O–H groups in total. The average Bonchev–Trinajstić information content (AvgIpc) is 2.50. The molecule has 0 saturated carbocycles. The summed E-state index contributed by atoms with van der Waals surface area (Å²) < 4.78 is 12.2. The van der Waals surface area contributed by atoms with Crippen molar-refractivity contribution in [2.24, 2.45) is 0 Å². The third-order valence-electron chi connectivity index (χ3n) is 3.48. The van der Waals surface area contributed by atoms with Crippen molar-refractivity contribution >= 4 is 15.9 Å². The molecule has 0 amide bonds. The molecule has 0 aliphatic rings. The summed E-state index contributed by atoms with van der Waals surface area (Å²) in [5, 5.41) is 3.48. The van der Waals surface area contributed by atoms with E-state index in [2.05, 4.69) is 40.0 Å². The summed E-state index contributed by atoms with van der Waals surface area (Å²) >= 11 is 3.60. The maximum Gasteiger partial charge on any atom is 0.166 e. The lowest BCUT2D eigenvalue weighted by Gasteiger charge is -2.19. The van der Waals surface area contributed by atoms with Gasteiger partial charge < -0.3 is 19.7 Å². The Labute approximate surface area is 136 Å². The van der Waals surface area contributed by atoms with Gasteiger partial charge in [-0.1, -0.05) is 29.8 Å². The smallest absolute Gasteiger partial charge is 0.166 e. The number of rotatable bonds is 10. The summed E-state index contributed by atoms with van der Waals surface area (Å²) in [5.41, 5.74) is 1.11. The van der Waals surface area contributed by atoms with Crippen molar-refractivity contribution in [1.82, 2.24) is 10.2 Å². The van der Waals surface area contributed by atoms with Gasteiger partial charge in [-0.05, 0) is 32.1 Å². The lowest BCUT2D eigenvalue weighted by atomic mass is 10.2. The third kappa shape index (κ3) is 5.49. The van der Waals surface area contributed by atoms with Crippen LogP contribution in [0.1, 0.15) is 26.3 Å². The Hall–Kier alpha value is -0.780. The van der Waals surface area contributed by atoms with Gasteiger partial charge in [-0.25, -0.2) is 0 Å². The molecule has 1 rings (SSSR count). The van der Waals surface area contributed by atoms with Crippen LogP contribution in [0, 0.1) is 0 Å². The first-order valence-corrected chi connectivity index (χ1v) is 8.38. The Balaban J connectivity index is 2.68. The fourth-order valence-electron chi connectivity index (χ4n) is 2.20. The summed E-state index contributed by atoms with van der Waals surface area (Å²) in [6, 6.07) is 3.93. The largest absolute Gasteiger partial charge is 0.493 e. The van der Waals surface area contributed by atoms with Crippen LogP contribution in [-0.4, -0.2) is 44.8 Å². The molecule has 0 heterocycles. The fraction of sp³-hybridized carbons (Fsp3) is 0.625.